The second-order valence-corrected chi connectivity index (χ2v) is 8.82. The third-order valence-corrected chi connectivity index (χ3v) is 8.54. The molecule has 122 valence electrons. The third kappa shape index (κ3) is 1.09. The summed E-state index contributed by atoms with van der Waals surface area (Å²) < 4.78 is 12.1. The summed E-state index contributed by atoms with van der Waals surface area (Å²) >= 11 is 0. The van der Waals surface area contributed by atoms with E-state index in [4.69, 9.17) is 9.47 Å². The summed E-state index contributed by atoms with van der Waals surface area (Å²) in [5.41, 5.74) is 3.08. The van der Waals surface area contributed by atoms with E-state index in [1.54, 1.807) is 7.11 Å². The first kappa shape index (κ1) is 13.3. The van der Waals surface area contributed by atoms with Crippen molar-refractivity contribution >= 4 is 0 Å². The van der Waals surface area contributed by atoms with Gasteiger partial charge in [-0.2, -0.15) is 0 Å². The zero-order valence-electron chi connectivity index (χ0n) is 13.9. The standard InChI is InChI=1S/C20H24O3/c1-17-7-8-19-15-4-3-14(22-2)9-12(15)5-6-20(19,23-19)18(17)11-13(18)10-16(17)21/h3-4,9,13,16,21H,5-8,10-11H2,1-2H3/t13-,16-,17-,18-,19+,20+/m1/s1. The Morgan fingerprint density at radius 2 is 2.13 bits per heavy atom. The van der Waals surface area contributed by atoms with E-state index in [-0.39, 0.29) is 28.1 Å². The molecule has 1 heterocycles. The second kappa shape index (κ2) is 3.48. The van der Waals surface area contributed by atoms with Gasteiger partial charge in [0.25, 0.3) is 0 Å². The molecule has 1 aromatic rings. The Balaban J connectivity index is 1.52. The maximum Gasteiger partial charge on any atom is 0.124 e. The van der Waals surface area contributed by atoms with Crippen LogP contribution in [0.4, 0.5) is 0 Å². The maximum atomic E-state index is 10.7. The van der Waals surface area contributed by atoms with Gasteiger partial charge < -0.3 is 14.6 Å². The molecule has 6 rings (SSSR count). The highest BCUT2D eigenvalue weighted by atomic mass is 16.6. The highest BCUT2D eigenvalue weighted by Gasteiger charge is 2.93. The van der Waals surface area contributed by atoms with E-state index in [1.807, 2.05) is 0 Å². The van der Waals surface area contributed by atoms with Crippen molar-refractivity contribution < 1.29 is 14.6 Å². The van der Waals surface area contributed by atoms with E-state index in [9.17, 15) is 5.11 Å². The minimum absolute atomic E-state index is 0.0106. The fraction of sp³-hybridized carbons (Fsp3) is 0.700. The monoisotopic (exact) mass is 312 g/mol. The van der Waals surface area contributed by atoms with E-state index in [2.05, 4.69) is 25.1 Å². The van der Waals surface area contributed by atoms with E-state index in [0.29, 0.717) is 5.92 Å². The van der Waals surface area contributed by atoms with Crippen LogP contribution in [0.15, 0.2) is 18.2 Å². The molecule has 3 saturated carbocycles. The first-order valence-corrected chi connectivity index (χ1v) is 9.09. The molecule has 3 heteroatoms. The summed E-state index contributed by atoms with van der Waals surface area (Å²) in [6, 6.07) is 6.54. The van der Waals surface area contributed by atoms with Crippen molar-refractivity contribution in [2.24, 2.45) is 16.7 Å². The Labute approximate surface area is 137 Å². The lowest BCUT2D eigenvalue weighted by atomic mass is 9.52. The number of hydrogen-bond donors (Lipinski definition) is 1. The molecule has 0 aromatic heterocycles. The summed E-state index contributed by atoms with van der Waals surface area (Å²) in [6.45, 7) is 2.34. The molecule has 0 bridgehead atoms. The minimum Gasteiger partial charge on any atom is -0.497 e. The van der Waals surface area contributed by atoms with Gasteiger partial charge in [-0.25, -0.2) is 0 Å². The molecule has 0 unspecified atom stereocenters. The largest absolute Gasteiger partial charge is 0.497 e. The van der Waals surface area contributed by atoms with Crippen LogP contribution in [0.1, 0.15) is 50.2 Å². The summed E-state index contributed by atoms with van der Waals surface area (Å²) in [5.74, 6) is 1.64. The molecule has 4 fully saturated rings. The number of aliphatic hydroxyl groups excluding tert-OH is 1. The number of fused-ring (bicyclic) bond motifs is 1. The number of rotatable bonds is 1. The number of aryl methyl sites for hydroxylation is 1. The smallest absolute Gasteiger partial charge is 0.124 e. The first-order chi connectivity index (χ1) is 11.0. The molecule has 0 amide bonds. The fourth-order valence-electron chi connectivity index (χ4n) is 7.39. The van der Waals surface area contributed by atoms with E-state index in [0.717, 1.165) is 37.9 Å². The zero-order chi connectivity index (χ0) is 15.7. The number of benzene rings is 1. The maximum absolute atomic E-state index is 10.7. The highest BCUT2D eigenvalue weighted by molar-refractivity contribution is 5.53. The molecule has 0 radical (unpaired) electrons. The Morgan fingerprint density at radius 1 is 1.26 bits per heavy atom. The molecule has 5 aliphatic rings. The predicted molar refractivity (Wildman–Crippen MR) is 85.3 cm³/mol. The summed E-state index contributed by atoms with van der Waals surface area (Å²) in [7, 11) is 1.74. The lowest BCUT2D eigenvalue weighted by Crippen LogP contribution is -2.53. The molecular formula is C20H24O3. The fourth-order valence-corrected chi connectivity index (χ4v) is 7.39. The molecule has 4 aliphatic carbocycles. The zero-order valence-corrected chi connectivity index (χ0v) is 13.9. The van der Waals surface area contributed by atoms with Crippen molar-refractivity contribution in [3.05, 3.63) is 29.3 Å². The van der Waals surface area contributed by atoms with Crippen LogP contribution in [-0.2, 0) is 16.8 Å². The Hall–Kier alpha value is -1.06. The van der Waals surface area contributed by atoms with Crippen LogP contribution in [0.3, 0.4) is 0 Å². The molecule has 1 aromatic carbocycles. The minimum atomic E-state index is -0.130. The Bertz CT molecular complexity index is 744. The summed E-state index contributed by atoms with van der Waals surface area (Å²) in [4.78, 5) is 0. The van der Waals surface area contributed by atoms with E-state index < -0.39 is 0 Å². The molecule has 1 aliphatic heterocycles. The number of hydrogen-bond acceptors (Lipinski definition) is 3. The van der Waals surface area contributed by atoms with E-state index >= 15 is 0 Å². The van der Waals surface area contributed by atoms with Gasteiger partial charge in [-0.05, 0) is 67.7 Å². The van der Waals surface area contributed by atoms with E-state index in [1.165, 1.54) is 17.5 Å². The molecule has 1 N–H and O–H groups in total. The second-order valence-electron chi connectivity index (χ2n) is 8.82. The molecule has 3 nitrogen and oxygen atoms in total. The molecular weight excluding hydrogens is 288 g/mol. The lowest BCUT2D eigenvalue weighted by molar-refractivity contribution is -0.0428. The van der Waals surface area contributed by atoms with Gasteiger partial charge in [-0.3, -0.25) is 0 Å². The summed E-state index contributed by atoms with van der Waals surface area (Å²) in [6.07, 6.45) is 6.49. The van der Waals surface area contributed by atoms with Crippen molar-refractivity contribution in [3.8, 4) is 5.75 Å². The topological polar surface area (TPSA) is 42.0 Å². The van der Waals surface area contributed by atoms with Gasteiger partial charge in [0, 0.05) is 10.8 Å². The quantitative estimate of drug-likeness (QED) is 0.810. The Morgan fingerprint density at radius 3 is 2.96 bits per heavy atom. The van der Waals surface area contributed by atoms with Gasteiger partial charge in [0.15, 0.2) is 0 Å². The lowest BCUT2D eigenvalue weighted by Gasteiger charge is -2.48. The van der Waals surface area contributed by atoms with Crippen LogP contribution in [0.5, 0.6) is 5.75 Å². The first-order valence-electron chi connectivity index (χ1n) is 9.09. The van der Waals surface area contributed by atoms with Crippen LogP contribution in [-0.4, -0.2) is 23.9 Å². The predicted octanol–water partition coefficient (Wildman–Crippen LogP) is 3.18. The van der Waals surface area contributed by atoms with Gasteiger partial charge in [0.1, 0.15) is 17.0 Å². The SMILES string of the molecule is COc1ccc2c(c1)CC[C@@]13O[C@@]21CC[C@]1(C)[C@H](O)C[C@@H]2C[C@]231. The van der Waals surface area contributed by atoms with Crippen LogP contribution in [0, 0.1) is 16.7 Å². The van der Waals surface area contributed by atoms with Crippen LogP contribution >= 0.6 is 0 Å². The molecule has 1 saturated heterocycles. The van der Waals surface area contributed by atoms with Crippen molar-refractivity contribution in [1.29, 1.82) is 0 Å². The number of epoxide rings is 1. The van der Waals surface area contributed by atoms with Crippen LogP contribution in [0.25, 0.3) is 0 Å². The van der Waals surface area contributed by atoms with Gasteiger partial charge in [-0.15, -0.1) is 0 Å². The van der Waals surface area contributed by atoms with Crippen molar-refractivity contribution in [1.82, 2.24) is 0 Å². The van der Waals surface area contributed by atoms with Gasteiger partial charge in [0.05, 0.1) is 13.2 Å². The van der Waals surface area contributed by atoms with Gasteiger partial charge in [0.2, 0.25) is 0 Å². The number of methoxy groups -OCH3 is 1. The van der Waals surface area contributed by atoms with Crippen LogP contribution < -0.4 is 4.74 Å². The third-order valence-electron chi connectivity index (χ3n) is 8.54. The van der Waals surface area contributed by atoms with Crippen molar-refractivity contribution in [3.63, 3.8) is 0 Å². The number of aliphatic hydroxyl groups is 1. The average Bonchev–Trinajstić information content (AvgIpc) is 3.43. The summed E-state index contributed by atoms with van der Waals surface area (Å²) in [5, 5.41) is 10.7. The molecule has 1 spiro atoms. The normalized spacial score (nSPS) is 54.2. The highest BCUT2D eigenvalue weighted by Crippen LogP contribution is 2.90. The van der Waals surface area contributed by atoms with Gasteiger partial charge in [-0.1, -0.05) is 13.0 Å². The van der Waals surface area contributed by atoms with Crippen molar-refractivity contribution in [2.75, 3.05) is 7.11 Å². The van der Waals surface area contributed by atoms with Crippen molar-refractivity contribution in [2.45, 2.75) is 62.8 Å². The number of ether oxygens (including phenoxy) is 2. The molecule has 6 atom stereocenters. The average molecular weight is 312 g/mol. The van der Waals surface area contributed by atoms with Gasteiger partial charge >= 0.3 is 0 Å². The van der Waals surface area contributed by atoms with Crippen LogP contribution in [0.2, 0.25) is 0 Å². The Kier molecular flexibility index (Phi) is 2.00. The molecule has 23 heavy (non-hydrogen) atoms.